The predicted molar refractivity (Wildman–Crippen MR) is 117 cm³/mol. The number of carbonyl (C=O) groups excluding carboxylic acids is 2. The van der Waals surface area contributed by atoms with Gasteiger partial charge in [0.1, 0.15) is 0 Å². The van der Waals surface area contributed by atoms with Gasteiger partial charge in [0.15, 0.2) is 11.5 Å². The number of aliphatic carboxylic acids is 1. The molecule has 1 aromatic rings. The average molecular weight is 417 g/mol. The summed E-state index contributed by atoms with van der Waals surface area (Å²) >= 11 is 0. The van der Waals surface area contributed by atoms with Gasteiger partial charge in [0.25, 0.3) is 5.91 Å². The second kappa shape index (κ2) is 25.2. The number of hydrogen-bond donors (Lipinski definition) is 5. The molecule has 1 rings (SSSR count). The maximum atomic E-state index is 11.2. The molecule has 0 radical (unpaired) electrons. The molecule has 0 aromatic heterocycles. The monoisotopic (exact) mass is 416 g/mol. The summed E-state index contributed by atoms with van der Waals surface area (Å²) in [4.78, 5) is 31.7. The minimum atomic E-state index is -0.939. The van der Waals surface area contributed by atoms with Gasteiger partial charge in [-0.1, -0.05) is 41.5 Å². The van der Waals surface area contributed by atoms with Crippen LogP contribution in [0, 0.1) is 0 Å². The molecule has 170 valence electrons. The van der Waals surface area contributed by atoms with E-state index in [1.165, 1.54) is 18.2 Å². The Morgan fingerprint density at radius 2 is 1.28 bits per heavy atom. The van der Waals surface area contributed by atoms with E-state index >= 15 is 0 Å². The van der Waals surface area contributed by atoms with Gasteiger partial charge in [0, 0.05) is 25.1 Å². The molecule has 5 N–H and O–H groups in total. The third-order valence-corrected chi connectivity index (χ3v) is 2.51. The van der Waals surface area contributed by atoms with E-state index in [2.05, 4.69) is 10.6 Å². The van der Waals surface area contributed by atoms with Crippen LogP contribution < -0.4 is 10.6 Å². The van der Waals surface area contributed by atoms with E-state index in [9.17, 15) is 14.4 Å². The fourth-order valence-electron chi connectivity index (χ4n) is 1.43. The molecule has 0 atom stereocenters. The van der Waals surface area contributed by atoms with Gasteiger partial charge < -0.3 is 26.0 Å². The number of hydrogen-bond acceptors (Lipinski definition) is 5. The maximum absolute atomic E-state index is 11.2. The van der Waals surface area contributed by atoms with E-state index in [1.807, 2.05) is 41.5 Å². The zero-order valence-corrected chi connectivity index (χ0v) is 19.1. The molecule has 8 heteroatoms. The highest BCUT2D eigenvalue weighted by atomic mass is 16.4. The smallest absolute Gasteiger partial charge is 0.303 e. The SMILES string of the molecule is CC.CC.CC.CCNC(=O)CCC(=O)O.CCNC(=O)c1ccc(O)c(O)c1. The van der Waals surface area contributed by atoms with E-state index in [1.54, 1.807) is 13.8 Å². The molecule has 0 aliphatic heterocycles. The van der Waals surface area contributed by atoms with Crippen LogP contribution in [0.3, 0.4) is 0 Å². The van der Waals surface area contributed by atoms with E-state index in [0.717, 1.165) is 0 Å². The van der Waals surface area contributed by atoms with Crippen LogP contribution >= 0.6 is 0 Å². The molecule has 0 fully saturated rings. The quantitative estimate of drug-likeness (QED) is 0.446. The number of carboxylic acid groups (broad SMARTS) is 1. The molecule has 1 aromatic carbocycles. The summed E-state index contributed by atoms with van der Waals surface area (Å²) < 4.78 is 0. The summed E-state index contributed by atoms with van der Waals surface area (Å²) in [6.45, 7) is 16.7. The number of amides is 2. The van der Waals surface area contributed by atoms with E-state index in [0.29, 0.717) is 18.7 Å². The molecule has 2 amide bonds. The largest absolute Gasteiger partial charge is 0.504 e. The van der Waals surface area contributed by atoms with Gasteiger partial charge in [-0.25, -0.2) is 0 Å². The number of aromatic hydroxyl groups is 2. The van der Waals surface area contributed by atoms with Crippen molar-refractivity contribution in [2.45, 2.75) is 68.2 Å². The summed E-state index contributed by atoms with van der Waals surface area (Å²) in [7, 11) is 0. The molecule has 8 nitrogen and oxygen atoms in total. The number of phenols is 2. The number of nitrogens with one attached hydrogen (secondary N) is 2. The van der Waals surface area contributed by atoms with Gasteiger partial charge >= 0.3 is 5.97 Å². The summed E-state index contributed by atoms with van der Waals surface area (Å²) in [6, 6.07) is 3.94. The fraction of sp³-hybridized carbons (Fsp3) is 0.571. The fourth-order valence-corrected chi connectivity index (χ4v) is 1.43. The van der Waals surface area contributed by atoms with Crippen molar-refractivity contribution in [3.05, 3.63) is 23.8 Å². The number of carboxylic acids is 1. The van der Waals surface area contributed by atoms with Crippen LogP contribution in [0.4, 0.5) is 0 Å². The Morgan fingerprint density at radius 1 is 0.793 bits per heavy atom. The molecular weight excluding hydrogens is 376 g/mol. The third kappa shape index (κ3) is 21.4. The van der Waals surface area contributed by atoms with Crippen molar-refractivity contribution in [2.24, 2.45) is 0 Å². The molecule has 0 spiro atoms. The highest BCUT2D eigenvalue weighted by Gasteiger charge is 2.06. The van der Waals surface area contributed by atoms with Crippen LogP contribution in [0.1, 0.15) is 78.6 Å². The molecule has 0 saturated heterocycles. The number of phenolic OH excluding ortho intramolecular Hbond substituents is 2. The third-order valence-electron chi connectivity index (χ3n) is 2.51. The minimum absolute atomic E-state index is 0.0726. The highest BCUT2D eigenvalue weighted by molar-refractivity contribution is 5.94. The maximum Gasteiger partial charge on any atom is 0.303 e. The highest BCUT2D eigenvalue weighted by Crippen LogP contribution is 2.24. The van der Waals surface area contributed by atoms with E-state index in [-0.39, 0.29) is 36.2 Å². The van der Waals surface area contributed by atoms with Crippen molar-refractivity contribution in [3.8, 4) is 11.5 Å². The lowest BCUT2D eigenvalue weighted by Gasteiger charge is -2.03. The topological polar surface area (TPSA) is 136 Å². The van der Waals surface area contributed by atoms with Gasteiger partial charge in [-0.3, -0.25) is 14.4 Å². The number of benzene rings is 1. The summed E-state index contributed by atoms with van der Waals surface area (Å²) in [6.07, 6.45) is -0.0188. The van der Waals surface area contributed by atoms with Gasteiger partial charge in [-0.2, -0.15) is 0 Å². The van der Waals surface area contributed by atoms with Crippen LogP contribution in [0.25, 0.3) is 0 Å². The zero-order valence-electron chi connectivity index (χ0n) is 19.1. The molecule has 0 heterocycles. The van der Waals surface area contributed by atoms with Gasteiger partial charge in [-0.15, -0.1) is 0 Å². The van der Waals surface area contributed by atoms with Crippen LogP contribution in [-0.4, -0.2) is 46.2 Å². The lowest BCUT2D eigenvalue weighted by molar-refractivity contribution is -0.138. The van der Waals surface area contributed by atoms with Crippen molar-refractivity contribution in [2.75, 3.05) is 13.1 Å². The molecule has 0 unspecified atom stereocenters. The normalized spacial score (nSPS) is 8.00. The van der Waals surface area contributed by atoms with Crippen LogP contribution in [0.15, 0.2) is 18.2 Å². The molecule has 29 heavy (non-hydrogen) atoms. The lowest BCUT2D eigenvalue weighted by Crippen LogP contribution is -2.22. The van der Waals surface area contributed by atoms with E-state index in [4.69, 9.17) is 15.3 Å². The Morgan fingerprint density at radius 3 is 1.66 bits per heavy atom. The molecular formula is C21H40N2O6. The van der Waals surface area contributed by atoms with Gasteiger partial charge in [-0.05, 0) is 32.0 Å². The van der Waals surface area contributed by atoms with Crippen molar-refractivity contribution >= 4 is 17.8 Å². The van der Waals surface area contributed by atoms with Crippen LogP contribution in [0.2, 0.25) is 0 Å². The van der Waals surface area contributed by atoms with E-state index < -0.39 is 5.97 Å². The first kappa shape index (κ1) is 33.8. The van der Waals surface area contributed by atoms with Crippen LogP contribution in [0.5, 0.6) is 11.5 Å². The Hall–Kier alpha value is -2.77. The Bertz CT molecular complexity index is 548. The first-order valence-electron chi connectivity index (χ1n) is 10.1. The number of rotatable bonds is 6. The lowest BCUT2D eigenvalue weighted by atomic mass is 10.2. The summed E-state index contributed by atoms with van der Waals surface area (Å²) in [5.41, 5.74) is 0.331. The van der Waals surface area contributed by atoms with Crippen molar-refractivity contribution in [3.63, 3.8) is 0 Å². The molecule has 0 aliphatic carbocycles. The zero-order chi connectivity index (χ0) is 23.8. The average Bonchev–Trinajstić information content (AvgIpc) is 2.74. The van der Waals surface area contributed by atoms with Crippen LogP contribution in [-0.2, 0) is 9.59 Å². The second-order valence-corrected chi connectivity index (χ2v) is 4.41. The Labute approximate surface area is 175 Å². The molecule has 0 bridgehead atoms. The predicted octanol–water partition coefficient (Wildman–Crippen LogP) is 3.91. The Balaban J connectivity index is -0.000000175. The molecule has 0 aliphatic rings. The minimum Gasteiger partial charge on any atom is -0.504 e. The van der Waals surface area contributed by atoms with Crippen molar-refractivity contribution in [1.29, 1.82) is 0 Å². The first-order valence-corrected chi connectivity index (χ1v) is 10.1. The first-order chi connectivity index (χ1) is 13.8. The van der Waals surface area contributed by atoms with Crippen molar-refractivity contribution in [1.82, 2.24) is 10.6 Å². The molecule has 0 saturated carbocycles. The Kier molecular flexibility index (Phi) is 29.4. The summed E-state index contributed by atoms with van der Waals surface area (Å²) in [5, 5.41) is 31.3. The second-order valence-electron chi connectivity index (χ2n) is 4.41. The summed E-state index contributed by atoms with van der Waals surface area (Å²) in [5.74, 6) is -1.93. The van der Waals surface area contributed by atoms with Crippen molar-refractivity contribution < 1.29 is 29.7 Å². The number of carbonyl (C=O) groups is 3. The van der Waals surface area contributed by atoms with Gasteiger partial charge in [0.05, 0.1) is 6.42 Å². The standard InChI is InChI=1S/C9H11NO3.C6H11NO3.3C2H6/c1-2-10-9(13)6-3-4-7(11)8(12)5-6;1-2-7-5(8)3-4-6(9)10;3*1-2/h3-5,11-12H,2H2,1H3,(H,10,13);2-4H2,1H3,(H,7,8)(H,9,10);3*1-2H3. The van der Waals surface area contributed by atoms with Gasteiger partial charge in [0.2, 0.25) is 5.91 Å².